The largest absolute Gasteiger partial charge is 0.126 e. The Morgan fingerprint density at radius 1 is 1.40 bits per heavy atom. The first-order chi connectivity index (χ1) is 4.52. The van der Waals surface area contributed by atoms with Crippen LogP contribution in [0.25, 0.3) is 0 Å². The molecule has 1 atom stereocenters. The maximum absolute atomic E-state index is 5.79. The molecule has 0 aromatic heterocycles. The zero-order valence-electron chi connectivity index (χ0n) is 7.58. The number of rotatable bonds is 4. The van der Waals surface area contributed by atoms with Crippen molar-refractivity contribution in [3.8, 4) is 0 Å². The maximum atomic E-state index is 5.79. The van der Waals surface area contributed by atoms with E-state index in [0.29, 0.717) is 5.41 Å². The first-order valence-corrected chi connectivity index (χ1v) is 4.61. The van der Waals surface area contributed by atoms with Gasteiger partial charge >= 0.3 is 0 Å². The summed E-state index contributed by atoms with van der Waals surface area (Å²) < 4.78 is 0. The van der Waals surface area contributed by atoms with Gasteiger partial charge in [0.25, 0.3) is 0 Å². The maximum Gasteiger partial charge on any atom is 0.0274 e. The Bertz CT molecular complexity index is 86.7. The first-order valence-electron chi connectivity index (χ1n) is 4.08. The van der Waals surface area contributed by atoms with Gasteiger partial charge in [-0.1, -0.05) is 34.1 Å². The van der Waals surface area contributed by atoms with Crippen LogP contribution in [0.2, 0.25) is 0 Å². The van der Waals surface area contributed by atoms with E-state index < -0.39 is 0 Å². The second-order valence-electron chi connectivity index (χ2n) is 4.02. The molecule has 0 heterocycles. The summed E-state index contributed by atoms with van der Waals surface area (Å²) in [6.45, 7) is 8.97. The molecular weight excluding hydrogens is 144 g/mol. The third-order valence-electron chi connectivity index (χ3n) is 1.96. The predicted molar refractivity (Wildman–Crippen MR) is 48.6 cm³/mol. The van der Waals surface area contributed by atoms with Crippen molar-refractivity contribution >= 4 is 11.6 Å². The fraction of sp³-hybridized carbons (Fsp3) is 1.00. The zero-order chi connectivity index (χ0) is 8.20. The number of hydrogen-bond donors (Lipinski definition) is 0. The van der Waals surface area contributed by atoms with E-state index in [9.17, 15) is 0 Å². The van der Waals surface area contributed by atoms with Gasteiger partial charge < -0.3 is 0 Å². The molecule has 0 amide bonds. The summed E-state index contributed by atoms with van der Waals surface area (Å²) in [5.41, 5.74) is 0.330. The lowest BCUT2D eigenvalue weighted by Gasteiger charge is -2.24. The Kier molecular flexibility index (Phi) is 4.35. The Labute approximate surface area is 70.0 Å². The molecule has 0 N–H and O–H groups in total. The zero-order valence-corrected chi connectivity index (χ0v) is 8.33. The highest BCUT2D eigenvalue weighted by Gasteiger charge is 2.18. The van der Waals surface area contributed by atoms with Crippen LogP contribution in [0.3, 0.4) is 0 Å². The minimum absolute atomic E-state index is 0.330. The van der Waals surface area contributed by atoms with E-state index >= 15 is 0 Å². The van der Waals surface area contributed by atoms with Gasteiger partial charge in [0, 0.05) is 5.88 Å². The van der Waals surface area contributed by atoms with Crippen LogP contribution < -0.4 is 0 Å². The standard InChI is InChI=1S/C9H19Cl/c1-5-8(2)6-9(3,4)7-10/h8H,5-7H2,1-4H3. The summed E-state index contributed by atoms with van der Waals surface area (Å²) in [7, 11) is 0. The number of halogens is 1. The number of hydrogen-bond acceptors (Lipinski definition) is 0. The van der Waals surface area contributed by atoms with E-state index in [-0.39, 0.29) is 0 Å². The Morgan fingerprint density at radius 2 is 1.90 bits per heavy atom. The summed E-state index contributed by atoms with van der Waals surface area (Å²) in [6, 6.07) is 0. The quantitative estimate of drug-likeness (QED) is 0.554. The van der Waals surface area contributed by atoms with Gasteiger partial charge in [0.2, 0.25) is 0 Å². The predicted octanol–water partition coefficient (Wildman–Crippen LogP) is 3.69. The van der Waals surface area contributed by atoms with Crippen LogP contribution in [0.5, 0.6) is 0 Å². The van der Waals surface area contributed by atoms with E-state index in [1.54, 1.807) is 0 Å². The van der Waals surface area contributed by atoms with Crippen molar-refractivity contribution in [2.45, 2.75) is 40.5 Å². The van der Waals surface area contributed by atoms with E-state index in [1.165, 1.54) is 12.8 Å². The SMILES string of the molecule is CCC(C)CC(C)(C)CCl. The fourth-order valence-corrected chi connectivity index (χ4v) is 1.25. The van der Waals surface area contributed by atoms with Crippen molar-refractivity contribution in [2.75, 3.05) is 5.88 Å². The van der Waals surface area contributed by atoms with Crippen LogP contribution in [0.4, 0.5) is 0 Å². The van der Waals surface area contributed by atoms with Crippen molar-refractivity contribution in [1.82, 2.24) is 0 Å². The lowest BCUT2D eigenvalue weighted by atomic mass is 9.84. The molecule has 0 saturated heterocycles. The molecule has 10 heavy (non-hydrogen) atoms. The Morgan fingerprint density at radius 3 is 2.20 bits per heavy atom. The summed E-state index contributed by atoms with van der Waals surface area (Å²) >= 11 is 5.79. The Balaban J connectivity index is 3.64. The van der Waals surface area contributed by atoms with Gasteiger partial charge in [0.1, 0.15) is 0 Å². The van der Waals surface area contributed by atoms with Gasteiger partial charge in [-0.15, -0.1) is 11.6 Å². The molecule has 0 nitrogen and oxygen atoms in total. The summed E-state index contributed by atoms with van der Waals surface area (Å²) in [5.74, 6) is 1.59. The summed E-state index contributed by atoms with van der Waals surface area (Å²) in [5, 5.41) is 0. The van der Waals surface area contributed by atoms with Crippen LogP contribution in [0.15, 0.2) is 0 Å². The van der Waals surface area contributed by atoms with Gasteiger partial charge in [-0.2, -0.15) is 0 Å². The highest BCUT2D eigenvalue weighted by molar-refractivity contribution is 6.18. The van der Waals surface area contributed by atoms with Gasteiger partial charge in [-0.3, -0.25) is 0 Å². The minimum Gasteiger partial charge on any atom is -0.126 e. The molecule has 0 rings (SSSR count). The van der Waals surface area contributed by atoms with Gasteiger partial charge in [-0.05, 0) is 17.8 Å². The normalized spacial score (nSPS) is 15.3. The topological polar surface area (TPSA) is 0 Å². The first kappa shape index (κ1) is 10.3. The molecule has 0 aromatic rings. The van der Waals surface area contributed by atoms with Gasteiger partial charge in [0.15, 0.2) is 0 Å². The molecule has 62 valence electrons. The second kappa shape index (κ2) is 4.23. The van der Waals surface area contributed by atoms with Crippen molar-refractivity contribution in [3.05, 3.63) is 0 Å². The third kappa shape index (κ3) is 4.16. The molecule has 0 aliphatic carbocycles. The van der Waals surface area contributed by atoms with Crippen molar-refractivity contribution in [1.29, 1.82) is 0 Å². The van der Waals surface area contributed by atoms with Crippen molar-refractivity contribution in [2.24, 2.45) is 11.3 Å². The highest BCUT2D eigenvalue weighted by Crippen LogP contribution is 2.27. The monoisotopic (exact) mass is 162 g/mol. The second-order valence-corrected chi connectivity index (χ2v) is 4.28. The van der Waals surface area contributed by atoms with Crippen LogP contribution >= 0.6 is 11.6 Å². The molecule has 0 aromatic carbocycles. The Hall–Kier alpha value is 0.290. The van der Waals surface area contributed by atoms with Crippen LogP contribution in [0, 0.1) is 11.3 Å². The molecule has 1 heteroatoms. The molecule has 0 radical (unpaired) electrons. The molecular formula is C9H19Cl. The van der Waals surface area contributed by atoms with E-state index in [0.717, 1.165) is 11.8 Å². The van der Waals surface area contributed by atoms with Crippen LogP contribution in [0.1, 0.15) is 40.5 Å². The third-order valence-corrected chi connectivity index (χ3v) is 2.68. The van der Waals surface area contributed by atoms with Crippen LogP contribution in [-0.4, -0.2) is 5.88 Å². The molecule has 0 aliphatic rings. The number of alkyl halides is 1. The fourth-order valence-electron chi connectivity index (χ4n) is 1.14. The van der Waals surface area contributed by atoms with Crippen molar-refractivity contribution in [3.63, 3.8) is 0 Å². The summed E-state index contributed by atoms with van der Waals surface area (Å²) in [6.07, 6.45) is 2.51. The van der Waals surface area contributed by atoms with Crippen LogP contribution in [-0.2, 0) is 0 Å². The molecule has 0 saturated carbocycles. The summed E-state index contributed by atoms with van der Waals surface area (Å²) in [4.78, 5) is 0. The smallest absolute Gasteiger partial charge is 0.0274 e. The average molecular weight is 163 g/mol. The van der Waals surface area contributed by atoms with Crippen molar-refractivity contribution < 1.29 is 0 Å². The molecule has 1 unspecified atom stereocenters. The van der Waals surface area contributed by atoms with E-state index in [1.807, 2.05) is 0 Å². The molecule has 0 spiro atoms. The lowest BCUT2D eigenvalue weighted by molar-refractivity contribution is 0.307. The molecule has 0 aliphatic heterocycles. The highest BCUT2D eigenvalue weighted by atomic mass is 35.5. The lowest BCUT2D eigenvalue weighted by Crippen LogP contribution is -2.16. The van der Waals surface area contributed by atoms with E-state index in [4.69, 9.17) is 11.6 Å². The van der Waals surface area contributed by atoms with Gasteiger partial charge in [0.05, 0.1) is 0 Å². The minimum atomic E-state index is 0.330. The van der Waals surface area contributed by atoms with E-state index in [2.05, 4.69) is 27.7 Å². The molecule has 0 fully saturated rings. The molecule has 0 bridgehead atoms. The average Bonchev–Trinajstić information content (AvgIpc) is 1.87. The van der Waals surface area contributed by atoms with Gasteiger partial charge in [-0.25, -0.2) is 0 Å².